The highest BCUT2D eigenvalue weighted by Gasteiger charge is 2.69. The van der Waals surface area contributed by atoms with Crippen molar-refractivity contribution in [3.8, 4) is 11.3 Å². The van der Waals surface area contributed by atoms with E-state index in [0.717, 1.165) is 0 Å². The number of carbonyl (C=O) groups is 1. The van der Waals surface area contributed by atoms with E-state index in [0.29, 0.717) is 19.3 Å². The third kappa shape index (κ3) is 4.10. The number of aromatic nitrogens is 2. The summed E-state index contributed by atoms with van der Waals surface area (Å²) >= 11 is 5.60. The third-order valence-corrected chi connectivity index (χ3v) is 6.94. The molecule has 1 amide bonds. The van der Waals surface area contributed by atoms with Crippen molar-refractivity contribution in [2.75, 3.05) is 6.61 Å². The average molecular weight is 492 g/mol. The Hall–Kier alpha value is -2.24. The second-order valence-corrected chi connectivity index (χ2v) is 9.47. The van der Waals surface area contributed by atoms with Crippen LogP contribution in [0.3, 0.4) is 0 Å². The fourth-order valence-electron chi connectivity index (χ4n) is 5.05. The molecule has 0 radical (unpaired) electrons. The second-order valence-electron chi connectivity index (χ2n) is 9.06. The molecule has 4 saturated carbocycles. The predicted octanol–water partition coefficient (Wildman–Crippen LogP) is 4.31. The van der Waals surface area contributed by atoms with Gasteiger partial charge in [-0.3, -0.25) is 9.53 Å². The zero-order valence-electron chi connectivity index (χ0n) is 17.1. The Balaban J connectivity index is 1.10. The molecule has 6 rings (SSSR count). The summed E-state index contributed by atoms with van der Waals surface area (Å²) in [7, 11) is 0. The van der Waals surface area contributed by atoms with Crippen molar-refractivity contribution < 1.29 is 36.2 Å². The maximum Gasteiger partial charge on any atom is 0.522 e. The lowest BCUT2D eigenvalue weighted by molar-refractivity contribution is -0.357. The van der Waals surface area contributed by atoms with Gasteiger partial charge in [0.1, 0.15) is 6.61 Å². The zero-order valence-corrected chi connectivity index (χ0v) is 17.8. The van der Waals surface area contributed by atoms with Crippen molar-refractivity contribution >= 4 is 17.5 Å². The molecule has 33 heavy (non-hydrogen) atoms. The van der Waals surface area contributed by atoms with Gasteiger partial charge < -0.3 is 14.6 Å². The van der Waals surface area contributed by atoms with Gasteiger partial charge in [-0.15, -0.1) is 13.2 Å². The molecule has 0 spiro atoms. The number of ether oxygens (including phenoxy) is 2. The molecule has 6 nitrogen and oxygen atoms in total. The van der Waals surface area contributed by atoms with Crippen molar-refractivity contribution in [1.82, 2.24) is 14.9 Å². The molecule has 1 aromatic heterocycles. The molecular weight excluding hydrogens is 473 g/mol. The maximum atomic E-state index is 14.2. The van der Waals surface area contributed by atoms with Crippen LogP contribution in [0.4, 0.5) is 22.0 Å². The SMILES string of the molecule is O=C(CO[C@H]1C[C@@H](OC(F)(F)F)C1)NC12CC(n3cnc(-c4ccc(Cl)c(F)c4F)c3)(C1)C2. The first-order valence-electron chi connectivity index (χ1n) is 10.3. The Morgan fingerprint density at radius 2 is 1.88 bits per heavy atom. The molecule has 0 unspecified atom stereocenters. The molecule has 4 aliphatic carbocycles. The Kier molecular flexibility index (Phi) is 5.22. The van der Waals surface area contributed by atoms with E-state index < -0.39 is 30.2 Å². The number of rotatable bonds is 7. The number of imidazole rings is 1. The molecule has 1 N–H and O–H groups in total. The van der Waals surface area contributed by atoms with Crippen LogP contribution in [0.1, 0.15) is 32.1 Å². The Morgan fingerprint density at radius 3 is 2.55 bits per heavy atom. The molecular formula is C21H19ClF5N3O3. The van der Waals surface area contributed by atoms with Crippen molar-refractivity contribution in [2.24, 2.45) is 0 Å². The minimum absolute atomic E-state index is 0.0151. The first kappa shape index (κ1) is 22.5. The predicted molar refractivity (Wildman–Crippen MR) is 105 cm³/mol. The summed E-state index contributed by atoms with van der Waals surface area (Å²) in [5.41, 5.74) is -0.296. The average Bonchev–Trinajstić information content (AvgIpc) is 3.12. The number of nitrogens with one attached hydrogen (secondary N) is 1. The fraction of sp³-hybridized carbons (Fsp3) is 0.524. The van der Waals surface area contributed by atoms with Crippen LogP contribution in [0, 0.1) is 11.6 Å². The molecule has 0 atom stereocenters. The smallest absolute Gasteiger partial charge is 0.368 e. The van der Waals surface area contributed by atoms with Gasteiger partial charge in [0.25, 0.3) is 0 Å². The van der Waals surface area contributed by atoms with Crippen molar-refractivity contribution in [3.05, 3.63) is 41.3 Å². The fourth-order valence-corrected chi connectivity index (χ4v) is 5.20. The largest absolute Gasteiger partial charge is 0.522 e. The number of halogens is 6. The van der Waals surface area contributed by atoms with Crippen LogP contribution in [0.2, 0.25) is 5.02 Å². The summed E-state index contributed by atoms with van der Waals surface area (Å²) in [4.78, 5) is 16.4. The maximum absolute atomic E-state index is 14.2. The summed E-state index contributed by atoms with van der Waals surface area (Å²) in [6.45, 7) is -0.227. The van der Waals surface area contributed by atoms with Crippen molar-refractivity contribution in [1.29, 1.82) is 0 Å². The highest BCUT2D eigenvalue weighted by Crippen LogP contribution is 2.65. The molecule has 12 heteroatoms. The first-order valence-corrected chi connectivity index (χ1v) is 10.7. The number of carbonyl (C=O) groups excluding carboxylic acids is 1. The molecule has 4 aliphatic rings. The van der Waals surface area contributed by atoms with Crippen LogP contribution < -0.4 is 5.32 Å². The number of alkyl halides is 3. The van der Waals surface area contributed by atoms with Gasteiger partial charge in [-0.2, -0.15) is 0 Å². The van der Waals surface area contributed by atoms with Gasteiger partial charge in [0, 0.05) is 30.1 Å². The molecule has 0 aliphatic heterocycles. The number of hydrogen-bond donors (Lipinski definition) is 1. The number of amides is 1. The molecule has 1 aromatic carbocycles. The Morgan fingerprint density at radius 1 is 1.18 bits per heavy atom. The normalized spacial score (nSPS) is 30.2. The van der Waals surface area contributed by atoms with Crippen molar-refractivity contribution in [2.45, 2.75) is 61.8 Å². The van der Waals surface area contributed by atoms with Crippen molar-refractivity contribution in [3.63, 3.8) is 0 Å². The Labute approximate surface area is 190 Å². The lowest BCUT2D eigenvalue weighted by Crippen LogP contribution is -2.78. The van der Waals surface area contributed by atoms with Gasteiger partial charge in [0.05, 0.1) is 34.8 Å². The summed E-state index contributed by atoms with van der Waals surface area (Å²) in [5.74, 6) is -2.51. The van der Waals surface area contributed by atoms with Crippen LogP contribution in [0.5, 0.6) is 0 Å². The van der Waals surface area contributed by atoms with E-state index in [2.05, 4.69) is 15.0 Å². The number of nitrogens with zero attached hydrogens (tertiary/aromatic N) is 2. The monoisotopic (exact) mass is 491 g/mol. The van der Waals surface area contributed by atoms with Crippen LogP contribution >= 0.6 is 11.6 Å². The summed E-state index contributed by atoms with van der Waals surface area (Å²) in [5, 5.41) is 2.63. The topological polar surface area (TPSA) is 65.4 Å². The lowest BCUT2D eigenvalue weighted by Gasteiger charge is -2.70. The highest BCUT2D eigenvalue weighted by molar-refractivity contribution is 6.30. The summed E-state index contributed by atoms with van der Waals surface area (Å²) in [6, 6.07) is 2.64. The minimum atomic E-state index is -4.66. The van der Waals surface area contributed by atoms with E-state index in [1.807, 2.05) is 4.57 Å². The van der Waals surface area contributed by atoms with E-state index in [4.69, 9.17) is 16.3 Å². The van der Waals surface area contributed by atoms with Crippen LogP contribution in [0.25, 0.3) is 11.3 Å². The lowest BCUT2D eigenvalue weighted by atomic mass is 9.44. The van der Waals surface area contributed by atoms with E-state index in [9.17, 15) is 26.7 Å². The van der Waals surface area contributed by atoms with Gasteiger partial charge in [-0.05, 0) is 31.4 Å². The molecule has 4 fully saturated rings. The van der Waals surface area contributed by atoms with Gasteiger partial charge in [0.2, 0.25) is 5.91 Å². The van der Waals surface area contributed by atoms with E-state index in [1.165, 1.54) is 12.1 Å². The van der Waals surface area contributed by atoms with E-state index in [1.54, 1.807) is 12.5 Å². The molecule has 1 heterocycles. The Bertz CT molecular complexity index is 1080. The standard InChI is InChI=1S/C21H19ClF5N3O3/c22-14-2-1-13(17(23)18(14)24)15-5-30(10-28-15)20-7-19(8-20,9-20)29-16(31)6-32-11-3-12(4-11)33-21(25,26)27/h1-2,5,10-12H,3-4,6-9H2,(H,29,31)/t11-,12+,19?,20?. The summed E-state index contributed by atoms with van der Waals surface area (Å²) in [6.07, 6.45) is -0.635. The van der Waals surface area contributed by atoms with Gasteiger partial charge in [0.15, 0.2) is 11.6 Å². The number of benzene rings is 1. The van der Waals surface area contributed by atoms with Crippen LogP contribution in [-0.2, 0) is 19.8 Å². The minimum Gasteiger partial charge on any atom is -0.368 e. The first-order chi connectivity index (χ1) is 15.5. The van der Waals surface area contributed by atoms with E-state index in [-0.39, 0.29) is 52.7 Å². The number of hydrogen-bond acceptors (Lipinski definition) is 4. The van der Waals surface area contributed by atoms with E-state index >= 15 is 0 Å². The molecule has 178 valence electrons. The molecule has 2 bridgehead atoms. The zero-order chi connectivity index (χ0) is 23.6. The van der Waals surface area contributed by atoms with Crippen LogP contribution in [0.15, 0.2) is 24.7 Å². The van der Waals surface area contributed by atoms with Gasteiger partial charge >= 0.3 is 6.36 Å². The highest BCUT2D eigenvalue weighted by atomic mass is 35.5. The van der Waals surface area contributed by atoms with Gasteiger partial charge in [-0.25, -0.2) is 13.8 Å². The summed E-state index contributed by atoms with van der Waals surface area (Å²) < 4.78 is 75.4. The van der Waals surface area contributed by atoms with Gasteiger partial charge in [-0.1, -0.05) is 11.6 Å². The molecule has 2 aromatic rings. The third-order valence-electron chi connectivity index (χ3n) is 6.65. The molecule has 0 saturated heterocycles. The quantitative estimate of drug-likeness (QED) is 0.463. The van der Waals surface area contributed by atoms with Crippen LogP contribution in [-0.4, -0.2) is 46.2 Å². The second kappa shape index (κ2) is 7.64.